The minimum absolute atomic E-state index is 0.739. The molecule has 1 rings (SSSR count). The molecular weight excluding hydrogens is 244 g/mol. The second-order valence-electron chi connectivity index (χ2n) is 4.03. The first-order valence-electron chi connectivity index (χ1n) is 4.36. The van der Waals surface area contributed by atoms with Crippen molar-refractivity contribution in [2.45, 2.75) is 26.2 Å². The fourth-order valence-corrected chi connectivity index (χ4v) is 1.74. The molecule has 0 amide bonds. The van der Waals surface area contributed by atoms with Crippen LogP contribution in [0.4, 0.5) is 0 Å². The third kappa shape index (κ3) is 4.60. The van der Waals surface area contributed by atoms with Gasteiger partial charge in [-0.1, -0.05) is 28.1 Å². The largest absolute Gasteiger partial charge is 0.413 e. The van der Waals surface area contributed by atoms with Gasteiger partial charge in [-0.15, -0.1) is 0 Å². The highest BCUT2D eigenvalue weighted by atomic mass is 79.9. The maximum Gasteiger partial charge on any atom is 0.184 e. The monoisotopic (exact) mass is 258 g/mol. The van der Waals surface area contributed by atoms with Gasteiger partial charge in [0.1, 0.15) is 0 Å². The molecule has 0 heterocycles. The Labute approximate surface area is 89.4 Å². The van der Waals surface area contributed by atoms with Crippen LogP contribution < -0.4 is 0 Å². The molecule has 0 spiro atoms. The molecule has 0 bridgehead atoms. The van der Waals surface area contributed by atoms with E-state index >= 15 is 0 Å². The minimum atomic E-state index is -1.37. The Balaban J connectivity index is 2.51. The molecule has 0 radical (unpaired) electrons. The summed E-state index contributed by atoms with van der Waals surface area (Å²) >= 11 is 3.40. The van der Waals surface area contributed by atoms with Crippen molar-refractivity contribution in [2.75, 3.05) is 0 Å². The van der Waals surface area contributed by atoms with Crippen molar-refractivity contribution >= 4 is 24.2 Å². The molecule has 0 unspecified atom stereocenters. The molecule has 0 aliphatic heterocycles. The van der Waals surface area contributed by atoms with Gasteiger partial charge >= 0.3 is 0 Å². The molecule has 13 heavy (non-hydrogen) atoms. The maximum atomic E-state index is 5.78. The lowest BCUT2D eigenvalue weighted by Crippen LogP contribution is -2.24. The molecule has 0 fully saturated rings. The second-order valence-corrected chi connectivity index (χ2v) is 9.46. The topological polar surface area (TPSA) is 9.23 Å². The lowest BCUT2D eigenvalue weighted by Gasteiger charge is -2.16. The first-order valence-corrected chi connectivity index (χ1v) is 8.56. The standard InChI is InChI=1S/C10H15BrOSi/c1-13(2,3)12-8-9-4-6-10(11)7-5-9/h4-7H,8H2,1-3H3. The van der Waals surface area contributed by atoms with Gasteiger partial charge < -0.3 is 4.43 Å². The summed E-state index contributed by atoms with van der Waals surface area (Å²) in [5, 5.41) is 0. The van der Waals surface area contributed by atoms with E-state index in [2.05, 4.69) is 47.7 Å². The molecule has 0 aliphatic carbocycles. The molecule has 0 saturated heterocycles. The van der Waals surface area contributed by atoms with Crippen molar-refractivity contribution in [3.05, 3.63) is 34.3 Å². The summed E-state index contributed by atoms with van der Waals surface area (Å²) in [7, 11) is -1.37. The summed E-state index contributed by atoms with van der Waals surface area (Å²) in [5.41, 5.74) is 1.24. The predicted molar refractivity (Wildman–Crippen MR) is 62.3 cm³/mol. The van der Waals surface area contributed by atoms with E-state index in [0.717, 1.165) is 11.1 Å². The van der Waals surface area contributed by atoms with E-state index in [-0.39, 0.29) is 0 Å². The van der Waals surface area contributed by atoms with Crippen LogP contribution in [0.5, 0.6) is 0 Å². The fraction of sp³-hybridized carbons (Fsp3) is 0.400. The minimum Gasteiger partial charge on any atom is -0.413 e. The van der Waals surface area contributed by atoms with Gasteiger partial charge in [-0.2, -0.15) is 0 Å². The van der Waals surface area contributed by atoms with Gasteiger partial charge in [-0.3, -0.25) is 0 Å². The van der Waals surface area contributed by atoms with Gasteiger partial charge in [0.25, 0.3) is 0 Å². The summed E-state index contributed by atoms with van der Waals surface area (Å²) in [6, 6.07) is 8.26. The zero-order valence-corrected chi connectivity index (χ0v) is 10.9. The van der Waals surface area contributed by atoms with Crippen LogP contribution in [0, 0.1) is 0 Å². The first kappa shape index (κ1) is 11.0. The van der Waals surface area contributed by atoms with Gasteiger partial charge in [-0.05, 0) is 37.3 Å². The molecule has 0 aromatic heterocycles. The summed E-state index contributed by atoms with van der Waals surface area (Å²) in [4.78, 5) is 0. The number of rotatable bonds is 3. The molecule has 0 N–H and O–H groups in total. The molecule has 0 aliphatic rings. The molecule has 1 nitrogen and oxygen atoms in total. The first-order chi connectivity index (χ1) is 5.97. The van der Waals surface area contributed by atoms with E-state index in [1.54, 1.807) is 0 Å². The maximum absolute atomic E-state index is 5.78. The van der Waals surface area contributed by atoms with Crippen LogP contribution in [0.25, 0.3) is 0 Å². The van der Waals surface area contributed by atoms with Crippen molar-refractivity contribution in [3.8, 4) is 0 Å². The van der Waals surface area contributed by atoms with Gasteiger partial charge in [0.2, 0.25) is 0 Å². The summed E-state index contributed by atoms with van der Waals surface area (Å²) in [6.07, 6.45) is 0. The van der Waals surface area contributed by atoms with Crippen LogP contribution >= 0.6 is 15.9 Å². The van der Waals surface area contributed by atoms with E-state index < -0.39 is 8.32 Å². The van der Waals surface area contributed by atoms with Crippen molar-refractivity contribution in [1.82, 2.24) is 0 Å². The highest BCUT2D eigenvalue weighted by Crippen LogP contribution is 2.13. The van der Waals surface area contributed by atoms with Crippen LogP contribution in [0.1, 0.15) is 5.56 Å². The van der Waals surface area contributed by atoms with Crippen molar-refractivity contribution in [1.29, 1.82) is 0 Å². The summed E-state index contributed by atoms with van der Waals surface area (Å²) < 4.78 is 6.89. The Hall–Kier alpha value is -0.123. The van der Waals surface area contributed by atoms with Gasteiger partial charge in [0.05, 0.1) is 6.61 Å². The van der Waals surface area contributed by atoms with Crippen LogP contribution in [-0.2, 0) is 11.0 Å². The van der Waals surface area contributed by atoms with Crippen LogP contribution in [0.15, 0.2) is 28.7 Å². The predicted octanol–water partition coefficient (Wildman–Crippen LogP) is 3.80. The van der Waals surface area contributed by atoms with Crippen LogP contribution in [0.3, 0.4) is 0 Å². The lowest BCUT2D eigenvalue weighted by molar-refractivity contribution is 0.299. The lowest BCUT2D eigenvalue weighted by atomic mass is 10.2. The third-order valence-corrected chi connectivity index (χ3v) is 3.12. The second kappa shape index (κ2) is 4.40. The smallest absolute Gasteiger partial charge is 0.184 e. The van der Waals surface area contributed by atoms with Gasteiger partial charge in [-0.25, -0.2) is 0 Å². The zero-order chi connectivity index (χ0) is 9.90. The van der Waals surface area contributed by atoms with E-state index in [1.165, 1.54) is 5.56 Å². The van der Waals surface area contributed by atoms with E-state index in [1.807, 2.05) is 12.1 Å². The van der Waals surface area contributed by atoms with Crippen molar-refractivity contribution in [3.63, 3.8) is 0 Å². The molecule has 72 valence electrons. The number of halogens is 1. The zero-order valence-electron chi connectivity index (χ0n) is 8.30. The summed E-state index contributed by atoms with van der Waals surface area (Å²) in [5.74, 6) is 0. The molecule has 3 heteroatoms. The normalized spacial score (nSPS) is 11.7. The van der Waals surface area contributed by atoms with Gasteiger partial charge in [0, 0.05) is 4.47 Å². The molecule has 1 aromatic rings. The van der Waals surface area contributed by atoms with Crippen molar-refractivity contribution < 1.29 is 4.43 Å². The van der Waals surface area contributed by atoms with Crippen LogP contribution in [0.2, 0.25) is 19.6 Å². The highest BCUT2D eigenvalue weighted by molar-refractivity contribution is 9.10. The Kier molecular flexibility index (Phi) is 3.70. The molecule has 0 atom stereocenters. The fourth-order valence-electron chi connectivity index (χ4n) is 0.880. The Morgan fingerprint density at radius 3 is 2.15 bits per heavy atom. The SMILES string of the molecule is C[Si](C)(C)OCc1ccc(Br)cc1. The average molecular weight is 259 g/mol. The molecule has 0 saturated carbocycles. The number of hydrogen-bond acceptors (Lipinski definition) is 1. The van der Waals surface area contributed by atoms with E-state index in [0.29, 0.717) is 0 Å². The highest BCUT2D eigenvalue weighted by Gasteiger charge is 2.13. The number of benzene rings is 1. The van der Waals surface area contributed by atoms with Crippen molar-refractivity contribution in [2.24, 2.45) is 0 Å². The van der Waals surface area contributed by atoms with Gasteiger partial charge in [0.15, 0.2) is 8.32 Å². The Bertz CT molecular complexity index is 263. The van der Waals surface area contributed by atoms with E-state index in [4.69, 9.17) is 4.43 Å². The third-order valence-electron chi connectivity index (χ3n) is 1.59. The quantitative estimate of drug-likeness (QED) is 0.750. The molecule has 1 aromatic carbocycles. The summed E-state index contributed by atoms with van der Waals surface area (Å²) in [6.45, 7) is 7.34. The van der Waals surface area contributed by atoms with Crippen LogP contribution in [-0.4, -0.2) is 8.32 Å². The average Bonchev–Trinajstić information content (AvgIpc) is 2.02. The number of hydrogen-bond donors (Lipinski definition) is 0. The van der Waals surface area contributed by atoms with E-state index in [9.17, 15) is 0 Å². The Morgan fingerprint density at radius 2 is 1.69 bits per heavy atom. The molecular formula is C10H15BrOSi. The Morgan fingerprint density at radius 1 is 1.15 bits per heavy atom.